The van der Waals surface area contributed by atoms with Crippen molar-refractivity contribution in [3.05, 3.63) is 101 Å². The Labute approximate surface area is 190 Å². The van der Waals surface area contributed by atoms with Gasteiger partial charge in [0, 0.05) is 13.1 Å². The van der Waals surface area contributed by atoms with Gasteiger partial charge in [0.2, 0.25) is 0 Å². The van der Waals surface area contributed by atoms with Crippen molar-refractivity contribution in [3.8, 4) is 17.2 Å². The molecule has 1 aliphatic rings. The molecule has 0 aromatic heterocycles. The first kappa shape index (κ1) is 20.3. The quantitative estimate of drug-likeness (QED) is 0.350. The molecule has 0 unspecified atom stereocenters. The SMILES string of the molecule is Cc1c(C#N)c(N2CCCCC2)cc(-c2ccc3ccccc3c2)c1Cc1ccccc1. The van der Waals surface area contributed by atoms with Crippen molar-refractivity contribution in [2.24, 2.45) is 0 Å². The summed E-state index contributed by atoms with van der Waals surface area (Å²) >= 11 is 0. The average Bonchev–Trinajstić information content (AvgIpc) is 2.86. The van der Waals surface area contributed by atoms with E-state index < -0.39 is 0 Å². The van der Waals surface area contributed by atoms with E-state index in [9.17, 15) is 5.26 Å². The van der Waals surface area contributed by atoms with Crippen LogP contribution in [-0.4, -0.2) is 13.1 Å². The van der Waals surface area contributed by atoms with E-state index >= 15 is 0 Å². The summed E-state index contributed by atoms with van der Waals surface area (Å²) < 4.78 is 0. The third-order valence-corrected chi connectivity index (χ3v) is 6.78. The molecular formula is C30H28N2. The van der Waals surface area contributed by atoms with Crippen LogP contribution in [0.1, 0.15) is 41.5 Å². The van der Waals surface area contributed by atoms with E-state index in [1.165, 1.54) is 52.3 Å². The van der Waals surface area contributed by atoms with Gasteiger partial charge < -0.3 is 4.90 Å². The molecule has 0 radical (unpaired) electrons. The van der Waals surface area contributed by atoms with E-state index in [2.05, 4.69) is 96.8 Å². The van der Waals surface area contributed by atoms with E-state index in [0.29, 0.717) is 0 Å². The maximum atomic E-state index is 10.1. The number of rotatable bonds is 4. The number of nitriles is 1. The highest BCUT2D eigenvalue weighted by Gasteiger charge is 2.21. The Balaban J connectivity index is 1.72. The van der Waals surface area contributed by atoms with Gasteiger partial charge in [-0.1, -0.05) is 66.7 Å². The summed E-state index contributed by atoms with van der Waals surface area (Å²) in [4.78, 5) is 2.42. The van der Waals surface area contributed by atoms with Gasteiger partial charge in [0.25, 0.3) is 0 Å². The van der Waals surface area contributed by atoms with Crippen molar-refractivity contribution in [1.82, 2.24) is 0 Å². The van der Waals surface area contributed by atoms with Crippen LogP contribution in [0.15, 0.2) is 78.9 Å². The molecule has 4 aromatic rings. The fourth-order valence-corrected chi connectivity index (χ4v) is 5.01. The van der Waals surface area contributed by atoms with Gasteiger partial charge in [-0.25, -0.2) is 0 Å². The average molecular weight is 417 g/mol. The molecule has 0 aliphatic carbocycles. The van der Waals surface area contributed by atoms with Crippen molar-refractivity contribution in [1.29, 1.82) is 5.26 Å². The maximum absolute atomic E-state index is 10.1. The molecule has 1 saturated heterocycles. The fraction of sp³-hybridized carbons (Fsp3) is 0.233. The second-order valence-electron chi connectivity index (χ2n) is 8.81. The van der Waals surface area contributed by atoms with Crippen molar-refractivity contribution in [2.45, 2.75) is 32.6 Å². The van der Waals surface area contributed by atoms with Crippen LogP contribution >= 0.6 is 0 Å². The molecule has 0 bridgehead atoms. The van der Waals surface area contributed by atoms with Gasteiger partial charge in [0.1, 0.15) is 6.07 Å². The van der Waals surface area contributed by atoms with Crippen LogP contribution in [0, 0.1) is 18.3 Å². The Hall–Kier alpha value is -3.57. The molecule has 2 nitrogen and oxygen atoms in total. The van der Waals surface area contributed by atoms with E-state index in [0.717, 1.165) is 36.3 Å². The smallest absolute Gasteiger partial charge is 0.102 e. The molecule has 1 aliphatic heterocycles. The first-order chi connectivity index (χ1) is 15.7. The summed E-state index contributed by atoms with van der Waals surface area (Å²) in [5, 5.41) is 12.6. The zero-order valence-electron chi connectivity index (χ0n) is 18.6. The van der Waals surface area contributed by atoms with Crippen molar-refractivity contribution in [2.75, 3.05) is 18.0 Å². The molecule has 0 saturated carbocycles. The Morgan fingerprint density at radius 2 is 1.53 bits per heavy atom. The van der Waals surface area contributed by atoms with Crippen LogP contribution in [-0.2, 0) is 6.42 Å². The minimum atomic E-state index is 0.823. The second-order valence-corrected chi connectivity index (χ2v) is 8.81. The standard InChI is InChI=1S/C30H28N2/c1-22-27(18-23-10-4-2-5-11-23)28(26-15-14-24-12-6-7-13-25(24)19-26)20-30(29(22)21-31)32-16-8-3-9-17-32/h2,4-7,10-15,19-20H,3,8-9,16-18H2,1H3. The highest BCUT2D eigenvalue weighted by molar-refractivity contribution is 5.89. The minimum absolute atomic E-state index is 0.823. The molecular weight excluding hydrogens is 388 g/mol. The molecule has 32 heavy (non-hydrogen) atoms. The lowest BCUT2D eigenvalue weighted by molar-refractivity contribution is 0.577. The molecule has 0 spiro atoms. The molecule has 1 fully saturated rings. The highest BCUT2D eigenvalue weighted by atomic mass is 15.1. The lowest BCUT2D eigenvalue weighted by Gasteiger charge is -2.31. The molecule has 0 atom stereocenters. The molecule has 0 N–H and O–H groups in total. The molecule has 158 valence electrons. The van der Waals surface area contributed by atoms with Crippen molar-refractivity contribution in [3.63, 3.8) is 0 Å². The summed E-state index contributed by atoms with van der Waals surface area (Å²) in [6, 6.07) is 30.7. The Kier molecular flexibility index (Phi) is 5.65. The summed E-state index contributed by atoms with van der Waals surface area (Å²) in [6.45, 7) is 4.20. The van der Waals surface area contributed by atoms with Gasteiger partial charge >= 0.3 is 0 Å². The van der Waals surface area contributed by atoms with E-state index in [-0.39, 0.29) is 0 Å². The third-order valence-electron chi connectivity index (χ3n) is 6.78. The number of nitrogens with zero attached hydrogens (tertiary/aromatic N) is 2. The van der Waals surface area contributed by atoms with Gasteiger partial charge in [0.15, 0.2) is 0 Å². The second kappa shape index (κ2) is 8.89. The van der Waals surface area contributed by atoms with Crippen molar-refractivity contribution < 1.29 is 0 Å². The highest BCUT2D eigenvalue weighted by Crippen LogP contribution is 2.38. The lowest BCUT2D eigenvalue weighted by atomic mass is 9.87. The van der Waals surface area contributed by atoms with Crippen LogP contribution in [0.5, 0.6) is 0 Å². The maximum Gasteiger partial charge on any atom is 0.102 e. The van der Waals surface area contributed by atoms with Crippen LogP contribution < -0.4 is 4.90 Å². The summed E-state index contributed by atoms with van der Waals surface area (Å²) in [7, 11) is 0. The van der Waals surface area contributed by atoms with Gasteiger partial charge in [-0.3, -0.25) is 0 Å². The molecule has 4 aromatic carbocycles. The topological polar surface area (TPSA) is 27.0 Å². The van der Waals surface area contributed by atoms with Gasteiger partial charge in [-0.15, -0.1) is 0 Å². The van der Waals surface area contributed by atoms with Crippen LogP contribution in [0.3, 0.4) is 0 Å². The summed E-state index contributed by atoms with van der Waals surface area (Å²) in [5.41, 5.74) is 8.04. The first-order valence-electron chi connectivity index (χ1n) is 11.6. The van der Waals surface area contributed by atoms with Crippen molar-refractivity contribution >= 4 is 16.5 Å². The van der Waals surface area contributed by atoms with E-state index in [1.54, 1.807) is 0 Å². The van der Waals surface area contributed by atoms with Crippen LogP contribution in [0.25, 0.3) is 21.9 Å². The zero-order chi connectivity index (χ0) is 21.9. The number of anilines is 1. The van der Waals surface area contributed by atoms with Gasteiger partial charge in [0.05, 0.1) is 11.3 Å². The number of hydrogen-bond donors (Lipinski definition) is 0. The molecule has 1 heterocycles. The Morgan fingerprint density at radius 1 is 0.812 bits per heavy atom. The molecule has 0 amide bonds. The monoisotopic (exact) mass is 416 g/mol. The normalized spacial score (nSPS) is 13.8. The van der Waals surface area contributed by atoms with Gasteiger partial charge in [-0.05, 0) is 83.3 Å². The predicted octanol–water partition coefficient (Wildman–Crippen LogP) is 7.27. The Morgan fingerprint density at radius 3 is 2.28 bits per heavy atom. The summed E-state index contributed by atoms with van der Waals surface area (Å²) in [6.07, 6.45) is 4.49. The van der Waals surface area contributed by atoms with Crippen LogP contribution in [0.2, 0.25) is 0 Å². The predicted molar refractivity (Wildman–Crippen MR) is 134 cm³/mol. The Bertz CT molecular complexity index is 1290. The number of benzene rings is 4. The summed E-state index contributed by atoms with van der Waals surface area (Å²) in [5.74, 6) is 0. The zero-order valence-corrected chi connectivity index (χ0v) is 18.6. The van der Waals surface area contributed by atoms with Gasteiger partial charge in [-0.2, -0.15) is 5.26 Å². The minimum Gasteiger partial charge on any atom is -0.370 e. The third kappa shape index (κ3) is 3.87. The number of piperidine rings is 1. The number of hydrogen-bond acceptors (Lipinski definition) is 2. The van der Waals surface area contributed by atoms with Crippen LogP contribution in [0.4, 0.5) is 5.69 Å². The first-order valence-corrected chi connectivity index (χ1v) is 11.6. The lowest BCUT2D eigenvalue weighted by Crippen LogP contribution is -2.30. The molecule has 5 rings (SSSR count). The fourth-order valence-electron chi connectivity index (χ4n) is 5.01. The van der Waals surface area contributed by atoms with E-state index in [1.807, 2.05) is 0 Å². The largest absolute Gasteiger partial charge is 0.370 e. The molecule has 2 heteroatoms. The number of fused-ring (bicyclic) bond motifs is 1. The van der Waals surface area contributed by atoms with E-state index in [4.69, 9.17) is 0 Å².